The van der Waals surface area contributed by atoms with Crippen molar-refractivity contribution >= 4 is 27.9 Å². The van der Waals surface area contributed by atoms with E-state index in [1.165, 1.54) is 6.20 Å². The van der Waals surface area contributed by atoms with Crippen LogP contribution in [0, 0.1) is 0 Å². The zero-order valence-corrected chi connectivity index (χ0v) is 15.7. The Kier molecular flexibility index (Phi) is 5.36. The zero-order chi connectivity index (χ0) is 20.2. The van der Waals surface area contributed by atoms with E-state index in [4.69, 9.17) is 9.94 Å². The summed E-state index contributed by atoms with van der Waals surface area (Å²) >= 11 is 0. The molecule has 0 aliphatic heterocycles. The molecule has 1 unspecified atom stereocenters. The first-order valence-electron chi connectivity index (χ1n) is 9.00. The largest absolute Gasteiger partial charge is 0.394 e. The van der Waals surface area contributed by atoms with Crippen LogP contribution in [0.5, 0.6) is 0 Å². The highest BCUT2D eigenvalue weighted by Crippen LogP contribution is 2.15. The predicted molar refractivity (Wildman–Crippen MR) is 105 cm³/mol. The topological polar surface area (TPSA) is 131 Å². The van der Waals surface area contributed by atoms with E-state index >= 15 is 0 Å². The number of pyridine rings is 1. The maximum absolute atomic E-state index is 9.30. The van der Waals surface area contributed by atoms with Gasteiger partial charge in [0.1, 0.15) is 24.1 Å². The van der Waals surface area contributed by atoms with Crippen LogP contribution >= 0.6 is 0 Å². The lowest BCUT2D eigenvalue weighted by Crippen LogP contribution is -2.18. The molecule has 0 bridgehead atoms. The van der Waals surface area contributed by atoms with Crippen LogP contribution in [0.25, 0.3) is 22.2 Å². The summed E-state index contributed by atoms with van der Waals surface area (Å²) in [6.07, 6.45) is 2.32. The van der Waals surface area contributed by atoms with Crippen LogP contribution < -0.4 is 0 Å². The van der Waals surface area contributed by atoms with Gasteiger partial charge in [-0.1, -0.05) is 22.5 Å². The van der Waals surface area contributed by atoms with E-state index in [0.29, 0.717) is 29.2 Å². The average Bonchev–Trinajstić information content (AvgIpc) is 3.15. The van der Waals surface area contributed by atoms with E-state index in [-0.39, 0.29) is 6.61 Å². The minimum atomic E-state index is -0.983. The molecule has 10 nitrogen and oxygen atoms in total. The van der Waals surface area contributed by atoms with E-state index in [0.717, 1.165) is 16.5 Å². The van der Waals surface area contributed by atoms with Gasteiger partial charge >= 0.3 is 0 Å². The van der Waals surface area contributed by atoms with Gasteiger partial charge in [0.25, 0.3) is 0 Å². The van der Waals surface area contributed by atoms with E-state index in [1.807, 2.05) is 24.3 Å². The SMILES string of the molecule is C/C(=N\OCC(O)CO)c1cnc2nnn(Cc3ccc4ncccc4c3)c2n1. The van der Waals surface area contributed by atoms with Gasteiger partial charge in [-0.3, -0.25) is 4.98 Å². The molecule has 29 heavy (non-hydrogen) atoms. The van der Waals surface area contributed by atoms with Crippen molar-refractivity contribution in [3.05, 3.63) is 54.0 Å². The van der Waals surface area contributed by atoms with Crippen molar-refractivity contribution in [1.29, 1.82) is 0 Å². The molecule has 0 aliphatic rings. The average molecular weight is 393 g/mol. The van der Waals surface area contributed by atoms with Crippen LogP contribution in [-0.2, 0) is 11.4 Å². The van der Waals surface area contributed by atoms with Gasteiger partial charge in [0.15, 0.2) is 5.65 Å². The number of hydrogen-bond donors (Lipinski definition) is 2. The van der Waals surface area contributed by atoms with Crippen molar-refractivity contribution in [1.82, 2.24) is 29.9 Å². The summed E-state index contributed by atoms with van der Waals surface area (Å²) in [5.41, 5.74) is 3.91. The molecule has 1 aromatic carbocycles. The quantitative estimate of drug-likeness (QED) is 0.350. The number of hydrogen-bond acceptors (Lipinski definition) is 9. The van der Waals surface area contributed by atoms with Crippen LogP contribution in [0.4, 0.5) is 0 Å². The summed E-state index contributed by atoms with van der Waals surface area (Å²) in [4.78, 5) is 18.2. The van der Waals surface area contributed by atoms with Crippen molar-refractivity contribution in [2.75, 3.05) is 13.2 Å². The Morgan fingerprint density at radius 2 is 2.17 bits per heavy atom. The van der Waals surface area contributed by atoms with Gasteiger partial charge in [-0.15, -0.1) is 5.10 Å². The molecule has 3 heterocycles. The summed E-state index contributed by atoms with van der Waals surface area (Å²) in [7, 11) is 0. The molecule has 0 aliphatic carbocycles. The van der Waals surface area contributed by atoms with Gasteiger partial charge < -0.3 is 15.1 Å². The highest BCUT2D eigenvalue weighted by atomic mass is 16.6. The third-order valence-electron chi connectivity index (χ3n) is 4.28. The van der Waals surface area contributed by atoms with Crippen LogP contribution in [-0.4, -0.2) is 65.2 Å². The molecule has 4 aromatic rings. The molecule has 148 valence electrons. The van der Waals surface area contributed by atoms with Crippen molar-refractivity contribution in [3.63, 3.8) is 0 Å². The Bertz CT molecular complexity index is 1170. The zero-order valence-electron chi connectivity index (χ0n) is 15.7. The highest BCUT2D eigenvalue weighted by Gasteiger charge is 2.12. The Hall–Kier alpha value is -3.50. The predicted octanol–water partition coefficient (Wildman–Crippen LogP) is 0.912. The summed E-state index contributed by atoms with van der Waals surface area (Å²) in [6, 6.07) is 9.93. The van der Waals surface area contributed by atoms with E-state index < -0.39 is 12.7 Å². The molecule has 0 saturated carbocycles. The fourth-order valence-electron chi connectivity index (χ4n) is 2.75. The van der Waals surface area contributed by atoms with Gasteiger partial charge in [0, 0.05) is 11.6 Å². The molecule has 0 amide bonds. The number of nitrogens with zero attached hydrogens (tertiary/aromatic N) is 7. The van der Waals surface area contributed by atoms with Gasteiger partial charge in [-0.25, -0.2) is 14.6 Å². The Balaban J connectivity index is 1.58. The first-order valence-corrected chi connectivity index (χ1v) is 9.00. The molecule has 4 rings (SSSR count). The number of oxime groups is 1. The van der Waals surface area contributed by atoms with E-state index in [1.54, 1.807) is 17.8 Å². The lowest BCUT2D eigenvalue weighted by molar-refractivity contribution is 0.00831. The summed E-state index contributed by atoms with van der Waals surface area (Å²) in [6.45, 7) is 1.69. The van der Waals surface area contributed by atoms with Gasteiger partial charge in [0.05, 0.1) is 24.9 Å². The summed E-state index contributed by atoms with van der Waals surface area (Å²) < 4.78 is 1.67. The molecule has 0 saturated heterocycles. The molecule has 10 heteroatoms. The van der Waals surface area contributed by atoms with Crippen LogP contribution in [0.15, 0.2) is 47.9 Å². The number of aromatic nitrogens is 6. The Labute approximate surface area is 165 Å². The van der Waals surface area contributed by atoms with E-state index in [2.05, 4.69) is 36.5 Å². The smallest absolute Gasteiger partial charge is 0.221 e. The number of fused-ring (bicyclic) bond motifs is 2. The van der Waals surface area contributed by atoms with Crippen LogP contribution in [0.2, 0.25) is 0 Å². The van der Waals surface area contributed by atoms with E-state index in [9.17, 15) is 5.11 Å². The number of aliphatic hydroxyl groups is 2. The second-order valence-corrected chi connectivity index (χ2v) is 6.49. The van der Waals surface area contributed by atoms with Crippen molar-refractivity contribution in [3.8, 4) is 0 Å². The highest BCUT2D eigenvalue weighted by molar-refractivity contribution is 5.97. The fourth-order valence-corrected chi connectivity index (χ4v) is 2.75. The minimum Gasteiger partial charge on any atom is -0.394 e. The van der Waals surface area contributed by atoms with Crippen molar-refractivity contribution < 1.29 is 15.1 Å². The number of rotatable bonds is 7. The fraction of sp³-hybridized carbons (Fsp3) is 0.263. The molecule has 2 N–H and O–H groups in total. The molecular weight excluding hydrogens is 374 g/mol. The Morgan fingerprint density at radius 3 is 3.03 bits per heavy atom. The second kappa shape index (κ2) is 8.25. The second-order valence-electron chi connectivity index (χ2n) is 6.49. The van der Waals surface area contributed by atoms with Crippen LogP contribution in [0.3, 0.4) is 0 Å². The number of aliphatic hydroxyl groups excluding tert-OH is 2. The monoisotopic (exact) mass is 393 g/mol. The lowest BCUT2D eigenvalue weighted by atomic mass is 10.1. The lowest BCUT2D eigenvalue weighted by Gasteiger charge is -2.06. The molecule has 3 aromatic heterocycles. The first-order chi connectivity index (χ1) is 14.1. The first kappa shape index (κ1) is 18.8. The Morgan fingerprint density at radius 1 is 1.28 bits per heavy atom. The summed E-state index contributed by atoms with van der Waals surface area (Å²) in [5, 5.41) is 31.3. The summed E-state index contributed by atoms with van der Waals surface area (Å²) in [5.74, 6) is 0. The van der Waals surface area contributed by atoms with Gasteiger partial charge in [0.2, 0.25) is 5.65 Å². The molecular formula is C19H19N7O3. The molecule has 1 atom stereocenters. The molecule has 0 spiro atoms. The molecule has 0 radical (unpaired) electrons. The number of benzene rings is 1. The van der Waals surface area contributed by atoms with Crippen molar-refractivity contribution in [2.45, 2.75) is 19.6 Å². The van der Waals surface area contributed by atoms with Crippen molar-refractivity contribution in [2.24, 2.45) is 5.16 Å². The van der Waals surface area contributed by atoms with Gasteiger partial charge in [-0.2, -0.15) is 0 Å². The maximum atomic E-state index is 9.30. The van der Waals surface area contributed by atoms with Gasteiger partial charge in [-0.05, 0) is 30.7 Å². The normalized spacial score (nSPS) is 13.1. The third kappa shape index (κ3) is 4.18. The maximum Gasteiger partial charge on any atom is 0.221 e. The van der Waals surface area contributed by atoms with Crippen LogP contribution in [0.1, 0.15) is 18.2 Å². The third-order valence-corrected chi connectivity index (χ3v) is 4.28. The minimum absolute atomic E-state index is 0.111. The standard InChI is InChI=1S/C19H19N7O3/c1-12(24-29-11-15(28)10-27)17-8-21-18-19(22-17)26(25-23-18)9-13-4-5-16-14(7-13)3-2-6-20-16/h2-8,15,27-28H,9-11H2,1H3/b24-12+. The molecule has 0 fully saturated rings.